The monoisotopic (exact) mass is 172 g/mol. The van der Waals surface area contributed by atoms with E-state index in [0.717, 1.165) is 0 Å². The van der Waals surface area contributed by atoms with Crippen LogP contribution in [0.2, 0.25) is 0 Å². The number of ether oxygens (including phenoxy) is 1. The average molecular weight is 172 g/mol. The predicted molar refractivity (Wildman–Crippen MR) is 44.4 cm³/mol. The Morgan fingerprint density at radius 3 is 2.92 bits per heavy atom. The lowest BCUT2D eigenvalue weighted by Gasteiger charge is -2.13. The molecule has 1 heterocycles. The summed E-state index contributed by atoms with van der Waals surface area (Å²) in [6, 6.07) is 0. The molecule has 0 saturated carbocycles. The summed E-state index contributed by atoms with van der Waals surface area (Å²) < 4.78 is 4.87. The van der Waals surface area contributed by atoms with E-state index in [4.69, 9.17) is 4.74 Å². The van der Waals surface area contributed by atoms with Crippen LogP contribution in [0.25, 0.3) is 0 Å². The highest BCUT2D eigenvalue weighted by molar-refractivity contribution is 5.24. The quantitative estimate of drug-likeness (QED) is 0.622. The van der Waals surface area contributed by atoms with Gasteiger partial charge in [-0.15, -0.1) is 5.10 Å². The lowest BCUT2D eigenvalue weighted by atomic mass is 10.6. The second-order valence-corrected chi connectivity index (χ2v) is 2.42. The van der Waals surface area contributed by atoms with Crippen LogP contribution in [0, 0.1) is 0 Å². The molecule has 0 saturated heterocycles. The summed E-state index contributed by atoms with van der Waals surface area (Å²) in [5.74, 6) is 0.525. The molecule has 0 spiro atoms. The first-order valence-electron chi connectivity index (χ1n) is 3.59. The zero-order valence-corrected chi connectivity index (χ0v) is 7.13. The lowest BCUT2D eigenvalue weighted by Crippen LogP contribution is -2.23. The second-order valence-electron chi connectivity index (χ2n) is 2.42. The van der Waals surface area contributed by atoms with E-state index in [-0.39, 0.29) is 5.69 Å². The highest BCUT2D eigenvalue weighted by atomic mass is 16.5. The lowest BCUT2D eigenvalue weighted by molar-refractivity contribution is 0.206. The van der Waals surface area contributed by atoms with Gasteiger partial charge in [-0.3, -0.25) is 4.98 Å². The Labute approximate surface area is 69.5 Å². The minimum atomic E-state index is -0.297. The number of nitrogens with one attached hydrogen (secondary N) is 2. The summed E-state index contributed by atoms with van der Waals surface area (Å²) in [4.78, 5) is 15.0. The van der Waals surface area contributed by atoms with Gasteiger partial charge in [0.25, 0.3) is 0 Å². The van der Waals surface area contributed by atoms with Crippen LogP contribution in [-0.4, -0.2) is 42.5 Å². The minimum Gasteiger partial charge on any atom is -0.383 e. The number of H-pyrrole nitrogens is 2. The third-order valence-corrected chi connectivity index (χ3v) is 1.48. The molecular weight excluding hydrogens is 160 g/mol. The predicted octanol–water partition coefficient (Wildman–Crippen LogP) is -0.819. The van der Waals surface area contributed by atoms with Gasteiger partial charge in [0.05, 0.1) is 6.61 Å². The van der Waals surface area contributed by atoms with E-state index >= 15 is 0 Å². The molecule has 0 radical (unpaired) electrons. The molecule has 1 aromatic rings. The number of hydrogen-bond donors (Lipinski definition) is 2. The molecule has 0 aliphatic rings. The molecular formula is C6H12N4O2. The number of nitrogens with zero attached hydrogens (tertiary/aromatic N) is 2. The first-order valence-corrected chi connectivity index (χ1v) is 3.59. The standard InChI is InChI=1S/C6H12N4O2/c1-10(3-4-12-2)5-7-6(11)9-8-5/h3-4H2,1-2H3,(H2,7,8,9,11). The molecule has 0 aromatic carbocycles. The normalized spacial score (nSPS) is 10.2. The van der Waals surface area contributed by atoms with Crippen molar-refractivity contribution in [3.05, 3.63) is 10.5 Å². The van der Waals surface area contributed by atoms with Gasteiger partial charge < -0.3 is 9.64 Å². The van der Waals surface area contributed by atoms with Crippen molar-refractivity contribution in [2.75, 3.05) is 32.2 Å². The SMILES string of the molecule is COCCN(C)c1n[nH]c(=O)[nH]1. The molecule has 0 aliphatic heterocycles. The van der Waals surface area contributed by atoms with Crippen molar-refractivity contribution in [2.24, 2.45) is 0 Å². The van der Waals surface area contributed by atoms with Gasteiger partial charge in [0.1, 0.15) is 0 Å². The van der Waals surface area contributed by atoms with Crippen molar-refractivity contribution in [2.45, 2.75) is 0 Å². The van der Waals surface area contributed by atoms with Crippen LogP contribution in [0.5, 0.6) is 0 Å². The van der Waals surface area contributed by atoms with Gasteiger partial charge in [0.15, 0.2) is 0 Å². The summed E-state index contributed by atoms with van der Waals surface area (Å²) in [5, 5.41) is 6.03. The van der Waals surface area contributed by atoms with Gasteiger partial charge >= 0.3 is 5.69 Å². The van der Waals surface area contributed by atoms with Crippen LogP contribution in [0.4, 0.5) is 5.95 Å². The molecule has 1 rings (SSSR count). The van der Waals surface area contributed by atoms with E-state index in [0.29, 0.717) is 19.1 Å². The molecule has 0 atom stereocenters. The zero-order chi connectivity index (χ0) is 8.97. The number of aromatic amines is 2. The maximum absolute atomic E-state index is 10.6. The van der Waals surface area contributed by atoms with Crippen molar-refractivity contribution >= 4 is 5.95 Å². The largest absolute Gasteiger partial charge is 0.383 e. The van der Waals surface area contributed by atoms with Crippen LogP contribution in [-0.2, 0) is 4.74 Å². The van der Waals surface area contributed by atoms with E-state index in [2.05, 4.69) is 15.2 Å². The third-order valence-electron chi connectivity index (χ3n) is 1.48. The molecule has 0 aliphatic carbocycles. The summed E-state index contributed by atoms with van der Waals surface area (Å²) in [5.41, 5.74) is -0.297. The Balaban J connectivity index is 2.53. The Morgan fingerprint density at radius 1 is 1.67 bits per heavy atom. The van der Waals surface area contributed by atoms with Gasteiger partial charge in [-0.1, -0.05) is 0 Å². The van der Waals surface area contributed by atoms with Crippen molar-refractivity contribution in [3.8, 4) is 0 Å². The van der Waals surface area contributed by atoms with E-state index < -0.39 is 0 Å². The fourth-order valence-electron chi connectivity index (χ4n) is 0.776. The van der Waals surface area contributed by atoms with Gasteiger partial charge in [-0.05, 0) is 0 Å². The topological polar surface area (TPSA) is 74.0 Å². The summed E-state index contributed by atoms with van der Waals surface area (Å²) in [7, 11) is 3.45. The van der Waals surface area contributed by atoms with E-state index in [1.807, 2.05) is 7.05 Å². The number of anilines is 1. The maximum atomic E-state index is 10.6. The van der Waals surface area contributed by atoms with Crippen molar-refractivity contribution in [3.63, 3.8) is 0 Å². The summed E-state index contributed by atoms with van der Waals surface area (Å²) in [6.07, 6.45) is 0. The zero-order valence-electron chi connectivity index (χ0n) is 7.13. The van der Waals surface area contributed by atoms with Gasteiger partial charge in [0.2, 0.25) is 5.95 Å². The molecule has 6 heteroatoms. The minimum absolute atomic E-state index is 0.297. The Hall–Kier alpha value is -1.30. The summed E-state index contributed by atoms with van der Waals surface area (Å²) in [6.45, 7) is 1.29. The molecule has 6 nitrogen and oxygen atoms in total. The molecule has 0 bridgehead atoms. The van der Waals surface area contributed by atoms with Gasteiger partial charge in [-0.25, -0.2) is 9.89 Å². The van der Waals surface area contributed by atoms with Crippen molar-refractivity contribution < 1.29 is 4.74 Å². The molecule has 0 unspecified atom stereocenters. The van der Waals surface area contributed by atoms with E-state index in [1.54, 1.807) is 12.0 Å². The number of rotatable bonds is 4. The van der Waals surface area contributed by atoms with Gasteiger partial charge in [0, 0.05) is 20.7 Å². The van der Waals surface area contributed by atoms with Crippen molar-refractivity contribution in [1.82, 2.24) is 15.2 Å². The Bertz CT molecular complexity index is 279. The van der Waals surface area contributed by atoms with E-state index in [1.165, 1.54) is 0 Å². The molecule has 68 valence electrons. The van der Waals surface area contributed by atoms with E-state index in [9.17, 15) is 4.79 Å². The first-order chi connectivity index (χ1) is 5.74. The third kappa shape index (κ3) is 2.09. The van der Waals surface area contributed by atoms with Crippen molar-refractivity contribution in [1.29, 1.82) is 0 Å². The molecule has 12 heavy (non-hydrogen) atoms. The Kier molecular flexibility index (Phi) is 2.87. The molecule has 1 aromatic heterocycles. The van der Waals surface area contributed by atoms with Crippen LogP contribution in [0.3, 0.4) is 0 Å². The van der Waals surface area contributed by atoms with Crippen LogP contribution in [0.15, 0.2) is 4.79 Å². The fraction of sp³-hybridized carbons (Fsp3) is 0.667. The van der Waals surface area contributed by atoms with Crippen LogP contribution < -0.4 is 10.6 Å². The molecule has 0 amide bonds. The van der Waals surface area contributed by atoms with Gasteiger partial charge in [-0.2, -0.15) is 0 Å². The highest BCUT2D eigenvalue weighted by Gasteiger charge is 2.02. The summed E-state index contributed by atoms with van der Waals surface area (Å²) >= 11 is 0. The number of methoxy groups -OCH3 is 1. The highest BCUT2D eigenvalue weighted by Crippen LogP contribution is 1.97. The molecule has 0 fully saturated rings. The fourth-order valence-corrected chi connectivity index (χ4v) is 0.776. The maximum Gasteiger partial charge on any atom is 0.342 e. The number of aromatic nitrogens is 3. The first kappa shape index (κ1) is 8.79. The number of likely N-dealkylation sites (N-methyl/N-ethyl adjacent to an activating group) is 1. The van der Waals surface area contributed by atoms with Crippen LogP contribution >= 0.6 is 0 Å². The average Bonchev–Trinajstić information content (AvgIpc) is 2.47. The Morgan fingerprint density at radius 2 is 2.42 bits per heavy atom. The number of hydrogen-bond acceptors (Lipinski definition) is 4. The van der Waals surface area contributed by atoms with Crippen LogP contribution in [0.1, 0.15) is 0 Å². The smallest absolute Gasteiger partial charge is 0.342 e. The molecule has 2 N–H and O–H groups in total. The second kappa shape index (κ2) is 3.91.